The van der Waals surface area contributed by atoms with E-state index in [1.54, 1.807) is 42.2 Å². The molecule has 0 aliphatic carbocycles. The average Bonchev–Trinajstić information content (AvgIpc) is 3.13. The third-order valence-electron chi connectivity index (χ3n) is 4.75. The summed E-state index contributed by atoms with van der Waals surface area (Å²) in [5.41, 5.74) is 3.67. The third kappa shape index (κ3) is 4.08. The van der Waals surface area contributed by atoms with E-state index in [1.165, 1.54) is 23.7 Å². The Morgan fingerprint density at radius 1 is 1.16 bits per heavy atom. The van der Waals surface area contributed by atoms with Gasteiger partial charge in [-0.05, 0) is 47.5 Å². The first kappa shape index (κ1) is 20.1. The number of hydrazone groups is 1. The lowest BCUT2D eigenvalue weighted by Crippen LogP contribution is -2.29. The van der Waals surface area contributed by atoms with Gasteiger partial charge in [-0.25, -0.2) is 14.6 Å². The highest BCUT2D eigenvalue weighted by Gasteiger charge is 2.17. The lowest BCUT2D eigenvalue weighted by Gasteiger charge is -2.08. The van der Waals surface area contributed by atoms with Crippen LogP contribution in [-0.4, -0.2) is 32.4 Å². The number of aromatic amines is 1. The van der Waals surface area contributed by atoms with Gasteiger partial charge in [0.1, 0.15) is 11.6 Å². The largest absolute Gasteiger partial charge is 0.497 e. The highest BCUT2D eigenvalue weighted by molar-refractivity contribution is 5.80. The molecule has 0 bridgehead atoms. The Hall–Kier alpha value is -4.21. The number of nitrogens with zero attached hydrogens (tertiary/aromatic N) is 4. The van der Waals surface area contributed by atoms with E-state index in [-0.39, 0.29) is 29.5 Å². The van der Waals surface area contributed by atoms with Gasteiger partial charge in [-0.15, -0.1) is 0 Å². The average molecular weight is 422 g/mol. The summed E-state index contributed by atoms with van der Waals surface area (Å²) >= 11 is 0. The number of methoxy groups -OCH3 is 1. The second kappa shape index (κ2) is 8.27. The SMILES string of the molecule is COc1ccc(/C=N\Nc2nc3c(c(=O)[nH]c(=O)n3C)n2Cc2ccc(F)cc2)cc1. The maximum atomic E-state index is 13.3. The molecule has 2 N–H and O–H groups in total. The molecule has 0 aliphatic rings. The Labute approximate surface area is 175 Å². The van der Waals surface area contributed by atoms with Gasteiger partial charge in [0.15, 0.2) is 11.2 Å². The Balaban J connectivity index is 1.73. The van der Waals surface area contributed by atoms with Gasteiger partial charge in [-0.1, -0.05) is 12.1 Å². The molecule has 9 nitrogen and oxygen atoms in total. The lowest BCUT2D eigenvalue weighted by molar-refractivity contribution is 0.415. The predicted octanol–water partition coefficient (Wildman–Crippen LogP) is 2.07. The van der Waals surface area contributed by atoms with Gasteiger partial charge in [-0.3, -0.25) is 18.9 Å². The molecular weight excluding hydrogens is 403 g/mol. The van der Waals surface area contributed by atoms with Crippen LogP contribution in [0.1, 0.15) is 11.1 Å². The monoisotopic (exact) mass is 422 g/mol. The number of fused-ring (bicyclic) bond motifs is 1. The Bertz CT molecular complexity index is 1370. The van der Waals surface area contributed by atoms with E-state index < -0.39 is 11.2 Å². The second-order valence-corrected chi connectivity index (χ2v) is 6.78. The quantitative estimate of drug-likeness (QED) is 0.366. The minimum atomic E-state index is -0.572. The van der Waals surface area contributed by atoms with Gasteiger partial charge >= 0.3 is 5.69 Å². The fraction of sp³-hybridized carbons (Fsp3) is 0.143. The first-order valence-electron chi connectivity index (χ1n) is 9.33. The highest BCUT2D eigenvalue weighted by atomic mass is 19.1. The molecule has 4 aromatic rings. The minimum absolute atomic E-state index is 0.202. The number of aromatic nitrogens is 4. The molecule has 4 rings (SSSR count). The van der Waals surface area contributed by atoms with Gasteiger partial charge < -0.3 is 4.74 Å². The Morgan fingerprint density at radius 3 is 2.55 bits per heavy atom. The normalized spacial score (nSPS) is 11.3. The van der Waals surface area contributed by atoms with E-state index in [9.17, 15) is 14.0 Å². The molecule has 2 aromatic heterocycles. The van der Waals surface area contributed by atoms with Crippen LogP contribution in [0, 0.1) is 5.82 Å². The molecule has 0 fully saturated rings. The van der Waals surface area contributed by atoms with Crippen molar-refractivity contribution in [1.29, 1.82) is 0 Å². The van der Waals surface area contributed by atoms with Crippen molar-refractivity contribution in [1.82, 2.24) is 19.1 Å². The van der Waals surface area contributed by atoms with Crippen LogP contribution in [-0.2, 0) is 13.6 Å². The molecule has 0 amide bonds. The summed E-state index contributed by atoms with van der Waals surface area (Å²) in [6.45, 7) is 0.221. The standard InChI is InChI=1S/C21H19FN6O3/c1-27-18-17(19(29)25-21(27)30)28(12-14-3-7-15(22)8-4-14)20(24-18)26-23-11-13-5-9-16(31-2)10-6-13/h3-11H,12H2,1-2H3,(H,24,26)(H,25,29,30)/b23-11-. The van der Waals surface area contributed by atoms with Gasteiger partial charge in [0, 0.05) is 7.05 Å². The zero-order valence-electron chi connectivity index (χ0n) is 16.8. The van der Waals surface area contributed by atoms with Crippen LogP contribution in [0.15, 0.2) is 63.2 Å². The highest BCUT2D eigenvalue weighted by Crippen LogP contribution is 2.18. The zero-order chi connectivity index (χ0) is 22.0. The number of hydrogen-bond acceptors (Lipinski definition) is 6. The molecule has 0 spiro atoms. The fourth-order valence-electron chi connectivity index (χ4n) is 3.10. The summed E-state index contributed by atoms with van der Waals surface area (Å²) in [7, 11) is 3.10. The Morgan fingerprint density at radius 2 is 1.87 bits per heavy atom. The van der Waals surface area contributed by atoms with Crippen molar-refractivity contribution in [2.24, 2.45) is 12.1 Å². The van der Waals surface area contributed by atoms with E-state index in [4.69, 9.17) is 4.74 Å². The molecule has 0 saturated carbocycles. The maximum Gasteiger partial charge on any atom is 0.329 e. The number of hydrogen-bond donors (Lipinski definition) is 2. The summed E-state index contributed by atoms with van der Waals surface area (Å²) in [5.74, 6) is 0.629. The number of aryl methyl sites for hydroxylation is 1. The van der Waals surface area contributed by atoms with Crippen molar-refractivity contribution in [2.75, 3.05) is 12.5 Å². The molecule has 31 heavy (non-hydrogen) atoms. The van der Waals surface area contributed by atoms with E-state index in [0.717, 1.165) is 16.9 Å². The van der Waals surface area contributed by atoms with E-state index >= 15 is 0 Å². The van der Waals surface area contributed by atoms with Gasteiger partial charge in [0.2, 0.25) is 5.95 Å². The van der Waals surface area contributed by atoms with Crippen molar-refractivity contribution >= 4 is 23.3 Å². The van der Waals surface area contributed by atoms with Crippen molar-refractivity contribution in [3.05, 3.63) is 86.3 Å². The summed E-state index contributed by atoms with van der Waals surface area (Å²) in [6, 6.07) is 13.2. The molecule has 0 atom stereocenters. The lowest BCUT2D eigenvalue weighted by atomic mass is 10.2. The van der Waals surface area contributed by atoms with Crippen LogP contribution in [0.2, 0.25) is 0 Å². The van der Waals surface area contributed by atoms with Crippen LogP contribution in [0.3, 0.4) is 0 Å². The fourth-order valence-corrected chi connectivity index (χ4v) is 3.10. The summed E-state index contributed by atoms with van der Waals surface area (Å²) in [5, 5.41) is 4.20. The molecule has 0 radical (unpaired) electrons. The van der Waals surface area contributed by atoms with Crippen LogP contribution >= 0.6 is 0 Å². The topological polar surface area (TPSA) is 106 Å². The number of imidazole rings is 1. The molecule has 2 heterocycles. The van der Waals surface area contributed by atoms with Gasteiger partial charge in [0.25, 0.3) is 5.56 Å². The second-order valence-electron chi connectivity index (χ2n) is 6.78. The summed E-state index contributed by atoms with van der Waals surface area (Å²) in [6.07, 6.45) is 1.59. The van der Waals surface area contributed by atoms with Crippen LogP contribution in [0.5, 0.6) is 5.75 Å². The van der Waals surface area contributed by atoms with E-state index in [0.29, 0.717) is 0 Å². The van der Waals surface area contributed by atoms with Crippen LogP contribution in [0.4, 0.5) is 10.3 Å². The van der Waals surface area contributed by atoms with Crippen molar-refractivity contribution in [2.45, 2.75) is 6.54 Å². The van der Waals surface area contributed by atoms with Crippen molar-refractivity contribution in [3.8, 4) is 5.75 Å². The van der Waals surface area contributed by atoms with Crippen molar-refractivity contribution in [3.63, 3.8) is 0 Å². The van der Waals surface area contributed by atoms with Crippen LogP contribution < -0.4 is 21.4 Å². The number of ether oxygens (including phenoxy) is 1. The first-order chi connectivity index (χ1) is 15.0. The number of H-pyrrole nitrogens is 1. The molecule has 0 unspecified atom stereocenters. The molecule has 0 aliphatic heterocycles. The third-order valence-corrected chi connectivity index (χ3v) is 4.75. The molecule has 10 heteroatoms. The number of rotatable bonds is 6. The first-order valence-corrected chi connectivity index (χ1v) is 9.33. The van der Waals surface area contributed by atoms with Gasteiger partial charge in [-0.2, -0.15) is 10.1 Å². The van der Waals surface area contributed by atoms with Gasteiger partial charge in [0.05, 0.1) is 19.9 Å². The van der Waals surface area contributed by atoms with Crippen LogP contribution in [0.25, 0.3) is 11.2 Å². The molecule has 0 saturated heterocycles. The van der Waals surface area contributed by atoms with E-state index in [1.807, 2.05) is 12.1 Å². The summed E-state index contributed by atoms with van der Waals surface area (Å²) < 4.78 is 21.2. The maximum absolute atomic E-state index is 13.3. The molecule has 158 valence electrons. The zero-order valence-corrected chi connectivity index (χ0v) is 16.8. The number of nitrogens with one attached hydrogen (secondary N) is 2. The number of halogens is 1. The van der Waals surface area contributed by atoms with E-state index in [2.05, 4.69) is 20.5 Å². The predicted molar refractivity (Wildman–Crippen MR) is 115 cm³/mol. The Kier molecular flexibility index (Phi) is 5.35. The number of benzene rings is 2. The smallest absolute Gasteiger partial charge is 0.329 e. The minimum Gasteiger partial charge on any atom is -0.497 e. The van der Waals surface area contributed by atoms with Crippen molar-refractivity contribution < 1.29 is 9.13 Å². The molecule has 2 aromatic carbocycles. The molecular formula is C21H19FN6O3. The summed E-state index contributed by atoms with van der Waals surface area (Å²) in [4.78, 5) is 31.2. The number of anilines is 1.